The van der Waals surface area contributed by atoms with Gasteiger partial charge in [0.25, 0.3) is 5.91 Å². The van der Waals surface area contributed by atoms with E-state index in [1.54, 1.807) is 42.7 Å². The molecule has 37 heavy (non-hydrogen) atoms. The third-order valence-corrected chi connectivity index (χ3v) is 6.29. The zero-order chi connectivity index (χ0) is 26.2. The highest BCUT2D eigenvalue weighted by Crippen LogP contribution is 2.21. The van der Waals surface area contributed by atoms with E-state index in [9.17, 15) is 9.90 Å². The lowest BCUT2D eigenvalue weighted by atomic mass is 9.95. The molecule has 7 nitrogen and oxygen atoms in total. The molecule has 4 rings (SSSR count). The van der Waals surface area contributed by atoms with Gasteiger partial charge < -0.3 is 21.9 Å². The van der Waals surface area contributed by atoms with Crippen molar-refractivity contribution in [1.29, 1.82) is 5.41 Å². The summed E-state index contributed by atoms with van der Waals surface area (Å²) in [6.45, 7) is 0.466. The first kappa shape index (κ1) is 25.8. The largest absolute Gasteiger partial charge is 0.391 e. The van der Waals surface area contributed by atoms with Crippen LogP contribution in [0, 0.1) is 5.41 Å². The van der Waals surface area contributed by atoms with Crippen molar-refractivity contribution >= 4 is 11.7 Å². The molecule has 2 unspecified atom stereocenters. The van der Waals surface area contributed by atoms with Crippen LogP contribution in [0.2, 0.25) is 0 Å². The summed E-state index contributed by atoms with van der Waals surface area (Å²) in [6.07, 6.45) is 3.25. The molecule has 0 radical (unpaired) electrons. The number of nitrogens with one attached hydrogen (secondary N) is 2. The molecule has 0 aliphatic heterocycles. The van der Waals surface area contributed by atoms with Gasteiger partial charge in [-0.25, -0.2) is 0 Å². The van der Waals surface area contributed by atoms with E-state index in [1.165, 1.54) is 0 Å². The molecule has 1 heterocycles. The average molecular weight is 494 g/mol. The van der Waals surface area contributed by atoms with E-state index in [4.69, 9.17) is 16.9 Å². The number of carbonyl (C=O) groups is 1. The highest BCUT2D eigenvalue weighted by molar-refractivity contribution is 5.95. The smallest absolute Gasteiger partial charge is 0.251 e. The van der Waals surface area contributed by atoms with E-state index in [0.717, 1.165) is 27.8 Å². The Morgan fingerprint density at radius 1 is 0.865 bits per heavy atom. The first-order chi connectivity index (χ1) is 17.9. The molecule has 4 aromatic rings. The fourth-order valence-electron chi connectivity index (χ4n) is 4.25. The second-order valence-electron chi connectivity index (χ2n) is 9.01. The number of hydrogen-bond donors (Lipinski definition) is 5. The Labute approximate surface area is 216 Å². The lowest BCUT2D eigenvalue weighted by Gasteiger charge is -2.25. The van der Waals surface area contributed by atoms with Gasteiger partial charge in [-0.3, -0.25) is 15.2 Å². The summed E-state index contributed by atoms with van der Waals surface area (Å²) < 4.78 is 0. The predicted octanol–water partition coefficient (Wildman–Crippen LogP) is 3.44. The number of aromatic nitrogens is 1. The monoisotopic (exact) mass is 493 g/mol. The SMILES string of the molecule is N=C(N)c1cccc(CC(O)C(Cc2cccnc2)NC(=O)c2ccc(-c3cccc(CN)c3)cc2)c1. The van der Waals surface area contributed by atoms with Gasteiger partial charge in [0.15, 0.2) is 0 Å². The fraction of sp³-hybridized carbons (Fsp3) is 0.167. The number of amides is 1. The van der Waals surface area contributed by atoms with Crippen LogP contribution in [0.4, 0.5) is 0 Å². The zero-order valence-corrected chi connectivity index (χ0v) is 20.5. The first-order valence-corrected chi connectivity index (χ1v) is 12.1. The molecule has 0 saturated carbocycles. The van der Waals surface area contributed by atoms with Crippen LogP contribution in [0.15, 0.2) is 97.3 Å². The van der Waals surface area contributed by atoms with Crippen molar-refractivity contribution in [2.75, 3.05) is 0 Å². The zero-order valence-electron chi connectivity index (χ0n) is 20.5. The van der Waals surface area contributed by atoms with Gasteiger partial charge in [0.1, 0.15) is 5.84 Å². The van der Waals surface area contributed by atoms with Gasteiger partial charge >= 0.3 is 0 Å². The third-order valence-electron chi connectivity index (χ3n) is 6.29. The van der Waals surface area contributed by atoms with E-state index in [0.29, 0.717) is 30.5 Å². The van der Waals surface area contributed by atoms with Crippen LogP contribution in [0.3, 0.4) is 0 Å². The molecule has 188 valence electrons. The number of aliphatic hydroxyl groups is 1. The maximum absolute atomic E-state index is 13.2. The van der Waals surface area contributed by atoms with Crippen molar-refractivity contribution in [1.82, 2.24) is 10.3 Å². The van der Waals surface area contributed by atoms with Gasteiger partial charge in [-0.15, -0.1) is 0 Å². The molecule has 0 spiro atoms. The van der Waals surface area contributed by atoms with E-state index in [1.807, 2.05) is 54.6 Å². The lowest BCUT2D eigenvalue weighted by molar-refractivity contribution is 0.0832. The van der Waals surface area contributed by atoms with Gasteiger partial charge in [0.05, 0.1) is 12.1 Å². The van der Waals surface area contributed by atoms with Gasteiger partial charge in [-0.2, -0.15) is 0 Å². The molecule has 0 aliphatic rings. The molecule has 1 aromatic heterocycles. The summed E-state index contributed by atoms with van der Waals surface area (Å²) in [7, 11) is 0. The van der Waals surface area contributed by atoms with E-state index < -0.39 is 12.1 Å². The van der Waals surface area contributed by atoms with Gasteiger partial charge in [0, 0.05) is 36.5 Å². The summed E-state index contributed by atoms with van der Waals surface area (Å²) in [5.74, 6) is -0.303. The van der Waals surface area contributed by atoms with Gasteiger partial charge in [-0.05, 0) is 64.6 Å². The Morgan fingerprint density at radius 3 is 2.30 bits per heavy atom. The molecule has 0 fully saturated rings. The van der Waals surface area contributed by atoms with E-state index >= 15 is 0 Å². The number of pyridine rings is 1. The average Bonchev–Trinajstić information content (AvgIpc) is 2.93. The summed E-state index contributed by atoms with van der Waals surface area (Å²) >= 11 is 0. The van der Waals surface area contributed by atoms with Crippen LogP contribution in [-0.2, 0) is 19.4 Å². The molecule has 0 saturated heterocycles. The van der Waals surface area contributed by atoms with E-state index in [-0.39, 0.29) is 11.7 Å². The molecule has 2 atom stereocenters. The Kier molecular flexibility index (Phi) is 8.40. The Balaban J connectivity index is 1.51. The number of hydrogen-bond acceptors (Lipinski definition) is 5. The molecule has 7 heteroatoms. The molecule has 7 N–H and O–H groups in total. The number of carbonyl (C=O) groups excluding carboxylic acids is 1. The Morgan fingerprint density at radius 2 is 1.59 bits per heavy atom. The fourth-order valence-corrected chi connectivity index (χ4v) is 4.25. The number of nitrogens with zero attached hydrogens (tertiary/aromatic N) is 1. The molecule has 3 aromatic carbocycles. The van der Waals surface area contributed by atoms with Crippen LogP contribution in [0.5, 0.6) is 0 Å². The van der Waals surface area contributed by atoms with Crippen LogP contribution >= 0.6 is 0 Å². The standard InChI is InChI=1S/C30H31N5O2/c31-18-21-5-2-7-25(15-21)23-9-11-24(12-10-23)30(37)35-27(16-22-6-3-13-34-19-22)28(36)17-20-4-1-8-26(14-20)29(32)33/h1-15,19,27-28,36H,16-18,31H2,(H3,32,33)(H,35,37). The van der Waals surface area contributed by atoms with E-state index in [2.05, 4.69) is 10.3 Å². The summed E-state index contributed by atoms with van der Waals surface area (Å²) in [5.41, 5.74) is 17.3. The Bertz CT molecular complexity index is 1360. The van der Waals surface area contributed by atoms with Crippen molar-refractivity contribution in [2.45, 2.75) is 31.5 Å². The van der Waals surface area contributed by atoms with Crippen molar-refractivity contribution < 1.29 is 9.90 Å². The number of rotatable bonds is 10. The third kappa shape index (κ3) is 6.88. The summed E-state index contributed by atoms with van der Waals surface area (Å²) in [6, 6.07) is 25.8. The van der Waals surface area contributed by atoms with Crippen molar-refractivity contribution in [3.8, 4) is 11.1 Å². The minimum absolute atomic E-state index is 0.0326. The molecular weight excluding hydrogens is 462 g/mol. The molecule has 0 aliphatic carbocycles. The second kappa shape index (κ2) is 12.1. The second-order valence-corrected chi connectivity index (χ2v) is 9.01. The van der Waals surface area contributed by atoms with Crippen LogP contribution in [0.25, 0.3) is 11.1 Å². The molecule has 1 amide bonds. The number of aliphatic hydroxyl groups excluding tert-OH is 1. The van der Waals surface area contributed by atoms with Gasteiger partial charge in [-0.1, -0.05) is 54.6 Å². The van der Waals surface area contributed by atoms with Crippen LogP contribution < -0.4 is 16.8 Å². The predicted molar refractivity (Wildman–Crippen MR) is 146 cm³/mol. The van der Waals surface area contributed by atoms with Gasteiger partial charge in [0.2, 0.25) is 0 Å². The summed E-state index contributed by atoms with van der Waals surface area (Å²) in [4.78, 5) is 17.4. The minimum Gasteiger partial charge on any atom is -0.391 e. The number of amidine groups is 1. The molecular formula is C30H31N5O2. The maximum atomic E-state index is 13.2. The topological polar surface area (TPSA) is 138 Å². The molecule has 0 bridgehead atoms. The first-order valence-electron chi connectivity index (χ1n) is 12.1. The summed E-state index contributed by atoms with van der Waals surface area (Å²) in [5, 5.41) is 21.8. The highest BCUT2D eigenvalue weighted by atomic mass is 16.3. The lowest BCUT2D eigenvalue weighted by Crippen LogP contribution is -2.45. The van der Waals surface area contributed by atoms with Crippen LogP contribution in [0.1, 0.15) is 32.6 Å². The van der Waals surface area contributed by atoms with Crippen molar-refractivity contribution in [2.24, 2.45) is 11.5 Å². The van der Waals surface area contributed by atoms with Crippen molar-refractivity contribution in [3.63, 3.8) is 0 Å². The Hall–Kier alpha value is -4.33. The number of benzene rings is 3. The maximum Gasteiger partial charge on any atom is 0.251 e. The normalized spacial score (nSPS) is 12.5. The quantitative estimate of drug-likeness (QED) is 0.170. The highest BCUT2D eigenvalue weighted by Gasteiger charge is 2.23. The van der Waals surface area contributed by atoms with Crippen LogP contribution in [-0.4, -0.2) is 34.0 Å². The van der Waals surface area contributed by atoms with Crippen molar-refractivity contribution in [3.05, 3.63) is 125 Å². The number of nitrogen functional groups attached to an aromatic ring is 1. The minimum atomic E-state index is -0.871. The number of nitrogens with two attached hydrogens (primary N) is 2.